The lowest BCUT2D eigenvalue weighted by atomic mass is 10.1. The maximum atomic E-state index is 11.1. The van der Waals surface area contributed by atoms with Crippen molar-refractivity contribution >= 4 is 44.5 Å². The topological polar surface area (TPSA) is 26.3 Å². The van der Waals surface area contributed by atoms with Crippen molar-refractivity contribution in [1.29, 1.82) is 0 Å². The largest absolute Gasteiger partial charge is 0.469 e. The number of ether oxygens (including phenoxy) is 1. The lowest BCUT2D eigenvalue weighted by molar-refractivity contribution is -0.139. The van der Waals surface area contributed by atoms with Crippen LogP contribution in [0.2, 0.25) is 0 Å². The molecule has 1 aromatic carbocycles. The molecule has 4 heteroatoms. The zero-order chi connectivity index (χ0) is 10.7. The van der Waals surface area contributed by atoms with Gasteiger partial charge in [-0.25, -0.2) is 0 Å². The third kappa shape index (κ3) is 2.95. The molecule has 14 heavy (non-hydrogen) atoms. The monoisotopic (exact) mass is 368 g/mol. The van der Waals surface area contributed by atoms with Crippen molar-refractivity contribution in [2.24, 2.45) is 0 Å². The molecule has 0 aromatic heterocycles. The van der Waals surface area contributed by atoms with Crippen LogP contribution in [-0.4, -0.2) is 13.1 Å². The van der Waals surface area contributed by atoms with Crippen LogP contribution in [0.5, 0.6) is 0 Å². The van der Waals surface area contributed by atoms with Gasteiger partial charge in [0.1, 0.15) is 0 Å². The molecule has 0 N–H and O–H groups in total. The minimum Gasteiger partial charge on any atom is -0.469 e. The van der Waals surface area contributed by atoms with E-state index in [1.54, 1.807) is 0 Å². The summed E-state index contributed by atoms with van der Waals surface area (Å²) in [4.78, 5) is 11.1. The van der Waals surface area contributed by atoms with E-state index in [0.717, 1.165) is 19.2 Å². The molecule has 1 aromatic rings. The molecule has 0 aliphatic heterocycles. The summed E-state index contributed by atoms with van der Waals surface area (Å²) in [5.74, 6) is -0.203. The molecule has 0 fully saturated rings. The summed E-state index contributed by atoms with van der Waals surface area (Å²) < 4.78 is 6.79. The van der Waals surface area contributed by atoms with Gasteiger partial charge in [0, 0.05) is 8.04 Å². The molecular weight excluding hydrogens is 359 g/mol. The van der Waals surface area contributed by atoms with Gasteiger partial charge in [0.2, 0.25) is 0 Å². The van der Waals surface area contributed by atoms with Gasteiger partial charge < -0.3 is 4.74 Å². The van der Waals surface area contributed by atoms with Gasteiger partial charge in [0.25, 0.3) is 0 Å². The average Bonchev–Trinajstić information content (AvgIpc) is 2.14. The van der Waals surface area contributed by atoms with Crippen LogP contribution >= 0.6 is 38.5 Å². The first kappa shape index (κ1) is 12.0. The van der Waals surface area contributed by atoms with E-state index in [4.69, 9.17) is 0 Å². The molecule has 0 atom stereocenters. The first-order chi connectivity index (χ1) is 6.54. The molecule has 0 radical (unpaired) electrons. The van der Waals surface area contributed by atoms with Crippen LogP contribution in [0.25, 0.3) is 0 Å². The van der Waals surface area contributed by atoms with Gasteiger partial charge in [-0.05, 0) is 68.7 Å². The van der Waals surface area contributed by atoms with Gasteiger partial charge in [-0.3, -0.25) is 4.79 Å². The standard InChI is InChI=1S/C10H10BrIO2/c1-6-3-8(11)9(12)4-7(6)5-10(13)14-2/h3-4H,5H2,1-2H3. The van der Waals surface area contributed by atoms with Crippen LogP contribution in [0.4, 0.5) is 0 Å². The number of hydrogen-bond acceptors (Lipinski definition) is 2. The summed E-state index contributed by atoms with van der Waals surface area (Å²) in [6, 6.07) is 4.01. The zero-order valence-electron chi connectivity index (χ0n) is 7.93. The third-order valence-corrected chi connectivity index (χ3v) is 4.23. The quantitative estimate of drug-likeness (QED) is 0.592. The molecule has 0 saturated carbocycles. The number of hydrogen-bond donors (Lipinski definition) is 0. The Morgan fingerprint density at radius 1 is 1.57 bits per heavy atom. The molecule has 0 heterocycles. The highest BCUT2D eigenvalue weighted by atomic mass is 127. The number of carbonyl (C=O) groups excluding carboxylic acids is 1. The highest BCUT2D eigenvalue weighted by Gasteiger charge is 2.08. The average molecular weight is 369 g/mol. The summed E-state index contributed by atoms with van der Waals surface area (Å²) in [5, 5.41) is 0. The second-order valence-corrected chi connectivity index (χ2v) is 4.96. The normalized spacial score (nSPS) is 10.0. The van der Waals surface area contributed by atoms with Gasteiger partial charge >= 0.3 is 5.97 Å². The Bertz CT molecular complexity index is 363. The van der Waals surface area contributed by atoms with Gasteiger partial charge in [-0.2, -0.15) is 0 Å². The van der Waals surface area contributed by atoms with Crippen LogP contribution in [0.1, 0.15) is 11.1 Å². The first-order valence-electron chi connectivity index (χ1n) is 4.06. The van der Waals surface area contributed by atoms with Crippen LogP contribution in [0.3, 0.4) is 0 Å². The number of benzene rings is 1. The van der Waals surface area contributed by atoms with Crippen molar-refractivity contribution in [3.63, 3.8) is 0 Å². The van der Waals surface area contributed by atoms with E-state index in [9.17, 15) is 4.79 Å². The zero-order valence-corrected chi connectivity index (χ0v) is 11.7. The summed E-state index contributed by atoms with van der Waals surface area (Å²) in [6.07, 6.45) is 0.339. The highest BCUT2D eigenvalue weighted by Crippen LogP contribution is 2.23. The Morgan fingerprint density at radius 2 is 2.21 bits per heavy atom. The Balaban J connectivity index is 2.98. The summed E-state index contributed by atoms with van der Waals surface area (Å²) >= 11 is 5.67. The highest BCUT2D eigenvalue weighted by molar-refractivity contribution is 14.1. The number of aryl methyl sites for hydroxylation is 1. The third-order valence-electron chi connectivity index (χ3n) is 1.94. The fourth-order valence-corrected chi connectivity index (χ4v) is 2.10. The summed E-state index contributed by atoms with van der Waals surface area (Å²) in [6.45, 7) is 1.99. The molecule has 0 spiro atoms. The van der Waals surface area contributed by atoms with Gasteiger partial charge in [-0.1, -0.05) is 0 Å². The van der Waals surface area contributed by atoms with Crippen molar-refractivity contribution in [1.82, 2.24) is 0 Å². The second-order valence-electron chi connectivity index (χ2n) is 2.95. The Labute approximate surface area is 105 Å². The minimum atomic E-state index is -0.203. The summed E-state index contributed by atoms with van der Waals surface area (Å²) in [7, 11) is 1.40. The summed E-state index contributed by atoms with van der Waals surface area (Å²) in [5.41, 5.74) is 2.12. The van der Waals surface area contributed by atoms with Gasteiger partial charge in [0.05, 0.1) is 13.5 Å². The van der Waals surface area contributed by atoms with Crippen LogP contribution < -0.4 is 0 Å². The van der Waals surface area contributed by atoms with Crippen LogP contribution in [0.15, 0.2) is 16.6 Å². The fraction of sp³-hybridized carbons (Fsp3) is 0.300. The SMILES string of the molecule is COC(=O)Cc1cc(I)c(Br)cc1C. The number of esters is 1. The molecule has 0 bridgehead atoms. The smallest absolute Gasteiger partial charge is 0.309 e. The van der Waals surface area contributed by atoms with E-state index in [1.165, 1.54) is 7.11 Å². The molecule has 0 aliphatic rings. The maximum Gasteiger partial charge on any atom is 0.309 e. The Hall–Kier alpha value is -0.100. The molecule has 0 saturated heterocycles. The van der Waals surface area contributed by atoms with Crippen molar-refractivity contribution in [2.45, 2.75) is 13.3 Å². The van der Waals surface area contributed by atoms with E-state index in [-0.39, 0.29) is 5.97 Å². The molecule has 2 nitrogen and oxygen atoms in total. The molecular formula is C10H10BrIO2. The lowest BCUT2D eigenvalue weighted by Gasteiger charge is -2.06. The predicted octanol–water partition coefficient (Wildman–Crippen LogP) is 3.08. The molecule has 1 rings (SSSR count). The Kier molecular flexibility index (Phi) is 4.37. The molecule has 76 valence electrons. The molecule has 0 aliphatic carbocycles. The predicted molar refractivity (Wildman–Crippen MR) is 67.3 cm³/mol. The maximum absolute atomic E-state index is 11.1. The number of rotatable bonds is 2. The molecule has 0 amide bonds. The number of halogens is 2. The van der Waals surface area contributed by atoms with E-state index in [2.05, 4.69) is 43.3 Å². The first-order valence-corrected chi connectivity index (χ1v) is 5.93. The van der Waals surface area contributed by atoms with E-state index in [0.29, 0.717) is 6.42 Å². The van der Waals surface area contributed by atoms with E-state index < -0.39 is 0 Å². The van der Waals surface area contributed by atoms with Crippen LogP contribution in [-0.2, 0) is 16.0 Å². The van der Waals surface area contributed by atoms with Crippen molar-refractivity contribution < 1.29 is 9.53 Å². The minimum absolute atomic E-state index is 0.203. The van der Waals surface area contributed by atoms with Crippen LogP contribution in [0, 0.1) is 10.5 Å². The Morgan fingerprint density at radius 3 is 2.79 bits per heavy atom. The molecule has 0 unspecified atom stereocenters. The van der Waals surface area contributed by atoms with Gasteiger partial charge in [-0.15, -0.1) is 0 Å². The van der Waals surface area contributed by atoms with E-state index >= 15 is 0 Å². The fourth-order valence-electron chi connectivity index (χ4n) is 1.11. The van der Waals surface area contributed by atoms with E-state index in [1.807, 2.05) is 19.1 Å². The second kappa shape index (κ2) is 5.11. The van der Waals surface area contributed by atoms with Crippen molar-refractivity contribution in [3.8, 4) is 0 Å². The number of carbonyl (C=O) groups is 1. The van der Waals surface area contributed by atoms with Crippen molar-refractivity contribution in [2.75, 3.05) is 7.11 Å². The number of methoxy groups -OCH3 is 1. The van der Waals surface area contributed by atoms with Crippen molar-refractivity contribution in [3.05, 3.63) is 31.3 Å². The lowest BCUT2D eigenvalue weighted by Crippen LogP contribution is -2.06. The van der Waals surface area contributed by atoms with Gasteiger partial charge in [0.15, 0.2) is 0 Å².